The van der Waals surface area contributed by atoms with Gasteiger partial charge in [0, 0.05) is 12.3 Å². The number of nitrogen functional groups attached to an aromatic ring is 2. The molecule has 0 amide bonds. The van der Waals surface area contributed by atoms with Gasteiger partial charge in [0.2, 0.25) is 0 Å². The van der Waals surface area contributed by atoms with Crippen LogP contribution >= 0.6 is 0 Å². The first-order chi connectivity index (χ1) is 6.06. The van der Waals surface area contributed by atoms with Gasteiger partial charge in [-0.05, 0) is 6.07 Å². The van der Waals surface area contributed by atoms with Crippen LogP contribution in [0.15, 0.2) is 17.0 Å². The fourth-order valence-electron chi connectivity index (χ4n) is 1.02. The standard InChI is InChI=1S/C8H12N2O2S/c1-12-7-4-8(13(2)11)6(10)3-5(7)9/h3-4H,9-10H2,1-2H3. The molecule has 1 unspecified atom stereocenters. The predicted octanol–water partition coefficient (Wildman–Crippen LogP) is 0.597. The maximum absolute atomic E-state index is 11.2. The van der Waals surface area contributed by atoms with Crippen molar-refractivity contribution in [1.82, 2.24) is 0 Å². The Bertz CT molecular complexity index is 352. The number of ether oxygens (including phenoxy) is 1. The fourth-order valence-corrected chi connectivity index (χ4v) is 1.69. The van der Waals surface area contributed by atoms with Crippen LogP contribution < -0.4 is 16.2 Å². The third kappa shape index (κ3) is 1.92. The summed E-state index contributed by atoms with van der Waals surface area (Å²) in [5, 5.41) is 0. The van der Waals surface area contributed by atoms with Crippen LogP contribution in [0.25, 0.3) is 0 Å². The molecule has 4 N–H and O–H groups in total. The second-order valence-electron chi connectivity index (χ2n) is 2.59. The van der Waals surface area contributed by atoms with Crippen LogP contribution in [0.5, 0.6) is 5.75 Å². The molecule has 0 saturated carbocycles. The summed E-state index contributed by atoms with van der Waals surface area (Å²) in [6.45, 7) is 0. The minimum absolute atomic E-state index is 0.430. The summed E-state index contributed by atoms with van der Waals surface area (Å²) in [6, 6.07) is 3.15. The van der Waals surface area contributed by atoms with E-state index in [2.05, 4.69) is 0 Å². The molecule has 1 aromatic carbocycles. The maximum atomic E-state index is 11.2. The predicted molar refractivity (Wildman–Crippen MR) is 54.2 cm³/mol. The van der Waals surface area contributed by atoms with E-state index in [9.17, 15) is 4.21 Å². The highest BCUT2D eigenvalue weighted by atomic mass is 32.2. The summed E-state index contributed by atoms with van der Waals surface area (Å²) in [5.41, 5.74) is 12.1. The van der Waals surface area contributed by atoms with Crippen molar-refractivity contribution in [3.05, 3.63) is 12.1 Å². The molecule has 1 aromatic rings. The van der Waals surface area contributed by atoms with E-state index in [1.165, 1.54) is 7.11 Å². The first kappa shape index (κ1) is 9.85. The number of benzene rings is 1. The average Bonchev–Trinajstić information content (AvgIpc) is 2.03. The van der Waals surface area contributed by atoms with E-state index in [4.69, 9.17) is 16.2 Å². The SMILES string of the molecule is COc1cc(S(C)=O)c(N)cc1N. The first-order valence-electron chi connectivity index (χ1n) is 3.62. The Labute approximate surface area is 79.3 Å². The van der Waals surface area contributed by atoms with Crippen LogP contribution in [0.4, 0.5) is 11.4 Å². The number of hydrogen-bond acceptors (Lipinski definition) is 4. The molecule has 0 saturated heterocycles. The molecule has 5 heteroatoms. The Morgan fingerprint density at radius 2 is 1.92 bits per heavy atom. The van der Waals surface area contributed by atoms with Gasteiger partial charge in [-0.15, -0.1) is 0 Å². The maximum Gasteiger partial charge on any atom is 0.143 e. The van der Waals surface area contributed by atoms with Crippen LogP contribution in [0.1, 0.15) is 0 Å². The van der Waals surface area contributed by atoms with E-state index >= 15 is 0 Å². The van der Waals surface area contributed by atoms with E-state index in [0.29, 0.717) is 22.0 Å². The highest BCUT2D eigenvalue weighted by molar-refractivity contribution is 7.84. The number of hydrogen-bond donors (Lipinski definition) is 2. The lowest BCUT2D eigenvalue weighted by Gasteiger charge is -2.08. The lowest BCUT2D eigenvalue weighted by molar-refractivity contribution is 0.416. The zero-order chi connectivity index (χ0) is 10.0. The molecular formula is C8H12N2O2S. The van der Waals surface area contributed by atoms with E-state index in [-0.39, 0.29) is 0 Å². The van der Waals surface area contributed by atoms with Crippen LogP contribution in [0, 0.1) is 0 Å². The molecule has 0 spiro atoms. The summed E-state index contributed by atoms with van der Waals surface area (Å²) in [5.74, 6) is 0.499. The zero-order valence-electron chi connectivity index (χ0n) is 7.53. The summed E-state index contributed by atoms with van der Waals surface area (Å²) in [4.78, 5) is 0.547. The number of rotatable bonds is 2. The lowest BCUT2D eigenvalue weighted by atomic mass is 10.2. The number of methoxy groups -OCH3 is 1. The Kier molecular flexibility index (Phi) is 2.77. The van der Waals surface area contributed by atoms with Gasteiger partial charge >= 0.3 is 0 Å². The van der Waals surface area contributed by atoms with Gasteiger partial charge in [-0.1, -0.05) is 0 Å². The first-order valence-corrected chi connectivity index (χ1v) is 5.18. The molecule has 1 atom stereocenters. The second-order valence-corrected chi connectivity index (χ2v) is 3.93. The molecule has 0 bridgehead atoms. The Morgan fingerprint density at radius 1 is 1.31 bits per heavy atom. The van der Waals surface area contributed by atoms with Gasteiger partial charge in [0.05, 0.1) is 34.2 Å². The summed E-state index contributed by atoms with van der Waals surface area (Å²) in [7, 11) is 0.383. The molecule has 4 nitrogen and oxygen atoms in total. The van der Waals surface area contributed by atoms with Crippen molar-refractivity contribution in [3.63, 3.8) is 0 Å². The van der Waals surface area contributed by atoms with E-state index in [1.54, 1.807) is 18.4 Å². The third-order valence-electron chi connectivity index (χ3n) is 1.67. The van der Waals surface area contributed by atoms with Gasteiger partial charge in [0.15, 0.2) is 0 Å². The van der Waals surface area contributed by atoms with Gasteiger partial charge in [-0.25, -0.2) is 0 Å². The van der Waals surface area contributed by atoms with Crippen molar-refractivity contribution in [3.8, 4) is 5.75 Å². The molecule has 0 heterocycles. The van der Waals surface area contributed by atoms with Gasteiger partial charge in [0.25, 0.3) is 0 Å². The zero-order valence-corrected chi connectivity index (χ0v) is 8.35. The van der Waals surface area contributed by atoms with Crippen molar-refractivity contribution in [1.29, 1.82) is 0 Å². The third-order valence-corrected chi connectivity index (χ3v) is 2.64. The lowest BCUT2D eigenvalue weighted by Crippen LogP contribution is -2.00. The summed E-state index contributed by atoms with van der Waals surface area (Å²) >= 11 is 0. The normalized spacial score (nSPS) is 12.5. The quantitative estimate of drug-likeness (QED) is 0.685. The number of anilines is 2. The smallest absolute Gasteiger partial charge is 0.143 e. The molecule has 0 fully saturated rings. The van der Waals surface area contributed by atoms with Crippen molar-refractivity contribution in [2.45, 2.75) is 4.90 Å². The molecule has 0 aliphatic heterocycles. The van der Waals surface area contributed by atoms with Gasteiger partial charge in [0.1, 0.15) is 5.75 Å². The second kappa shape index (κ2) is 3.66. The monoisotopic (exact) mass is 200 g/mol. The van der Waals surface area contributed by atoms with Gasteiger partial charge in [-0.2, -0.15) is 0 Å². The van der Waals surface area contributed by atoms with Crippen molar-refractivity contribution in [2.75, 3.05) is 24.8 Å². The van der Waals surface area contributed by atoms with Crippen molar-refractivity contribution >= 4 is 22.2 Å². The molecule has 13 heavy (non-hydrogen) atoms. The summed E-state index contributed by atoms with van der Waals surface area (Å²) < 4.78 is 16.2. The van der Waals surface area contributed by atoms with Crippen LogP contribution in [0.3, 0.4) is 0 Å². The average molecular weight is 200 g/mol. The molecule has 72 valence electrons. The number of nitrogens with two attached hydrogens (primary N) is 2. The van der Waals surface area contributed by atoms with E-state index < -0.39 is 10.8 Å². The minimum atomic E-state index is -1.12. The Hall–Kier alpha value is -1.23. The summed E-state index contributed by atoms with van der Waals surface area (Å²) in [6.07, 6.45) is 1.56. The highest BCUT2D eigenvalue weighted by Crippen LogP contribution is 2.28. The van der Waals surface area contributed by atoms with Crippen molar-refractivity contribution in [2.24, 2.45) is 0 Å². The topological polar surface area (TPSA) is 78.3 Å². The van der Waals surface area contributed by atoms with Gasteiger partial charge < -0.3 is 16.2 Å². The molecule has 0 radical (unpaired) electrons. The molecule has 0 aliphatic carbocycles. The Balaban J connectivity index is 3.30. The molecule has 0 aliphatic rings. The highest BCUT2D eigenvalue weighted by Gasteiger charge is 2.08. The van der Waals surface area contributed by atoms with Crippen LogP contribution in [-0.2, 0) is 10.8 Å². The molecular weight excluding hydrogens is 188 g/mol. The minimum Gasteiger partial charge on any atom is -0.495 e. The van der Waals surface area contributed by atoms with E-state index in [0.717, 1.165) is 0 Å². The van der Waals surface area contributed by atoms with Crippen molar-refractivity contribution < 1.29 is 8.95 Å². The van der Waals surface area contributed by atoms with Crippen LogP contribution in [-0.4, -0.2) is 17.6 Å². The largest absolute Gasteiger partial charge is 0.495 e. The molecule has 0 aromatic heterocycles. The molecule has 1 rings (SSSR count). The van der Waals surface area contributed by atoms with E-state index in [1.807, 2.05) is 0 Å². The van der Waals surface area contributed by atoms with Crippen LogP contribution in [0.2, 0.25) is 0 Å². The Morgan fingerprint density at radius 3 is 2.38 bits per heavy atom. The fraction of sp³-hybridized carbons (Fsp3) is 0.250. The van der Waals surface area contributed by atoms with Gasteiger partial charge in [-0.3, -0.25) is 4.21 Å².